The van der Waals surface area contributed by atoms with E-state index in [-0.39, 0.29) is 24.0 Å². The molecule has 1 saturated carbocycles. The predicted molar refractivity (Wildman–Crippen MR) is 60.5 cm³/mol. The molecular formula is C12H23NO2. The summed E-state index contributed by atoms with van der Waals surface area (Å²) in [4.78, 5) is 11.8. The topological polar surface area (TPSA) is 49.3 Å². The molecule has 1 aliphatic carbocycles. The van der Waals surface area contributed by atoms with Crippen molar-refractivity contribution in [1.82, 2.24) is 5.32 Å². The Kier molecular flexibility index (Phi) is 5.09. The first-order valence-corrected chi connectivity index (χ1v) is 6.17. The van der Waals surface area contributed by atoms with Gasteiger partial charge in [-0.15, -0.1) is 0 Å². The molecule has 2 atom stereocenters. The lowest BCUT2D eigenvalue weighted by Gasteiger charge is -2.29. The van der Waals surface area contributed by atoms with Crippen molar-refractivity contribution in [3.05, 3.63) is 0 Å². The molecule has 0 aromatic carbocycles. The third-order valence-electron chi connectivity index (χ3n) is 3.41. The highest BCUT2D eigenvalue weighted by Gasteiger charge is 2.26. The lowest BCUT2D eigenvalue weighted by molar-refractivity contribution is -0.127. The largest absolute Gasteiger partial charge is 0.391 e. The van der Waals surface area contributed by atoms with Crippen molar-refractivity contribution in [3.63, 3.8) is 0 Å². The zero-order valence-electron chi connectivity index (χ0n) is 9.83. The van der Waals surface area contributed by atoms with Gasteiger partial charge in [-0.1, -0.05) is 26.7 Å². The summed E-state index contributed by atoms with van der Waals surface area (Å²) in [6.45, 7) is 4.07. The molecule has 0 heterocycles. The van der Waals surface area contributed by atoms with E-state index in [4.69, 9.17) is 0 Å². The number of carbonyl (C=O) groups excluding carboxylic acids is 1. The van der Waals surface area contributed by atoms with Crippen LogP contribution in [-0.2, 0) is 4.79 Å². The standard InChI is InChI=1S/C12H23NO2/c1-3-9(4-2)12(15)13-10-7-5-6-8-11(10)14/h9-11,14H,3-8H2,1-2H3,(H,13,15)/t10-,11-/m1/s1. The molecule has 88 valence electrons. The number of carbonyl (C=O) groups is 1. The van der Waals surface area contributed by atoms with Gasteiger partial charge in [0.05, 0.1) is 12.1 Å². The fourth-order valence-electron chi connectivity index (χ4n) is 2.24. The van der Waals surface area contributed by atoms with Gasteiger partial charge >= 0.3 is 0 Å². The number of aliphatic hydroxyl groups excluding tert-OH is 1. The maximum absolute atomic E-state index is 11.8. The molecule has 15 heavy (non-hydrogen) atoms. The summed E-state index contributed by atoms with van der Waals surface area (Å²) < 4.78 is 0. The van der Waals surface area contributed by atoms with E-state index in [9.17, 15) is 9.90 Å². The second-order valence-corrected chi connectivity index (χ2v) is 4.48. The number of amides is 1. The number of hydrogen-bond acceptors (Lipinski definition) is 2. The highest BCUT2D eigenvalue weighted by atomic mass is 16.3. The average Bonchev–Trinajstić information content (AvgIpc) is 2.23. The quantitative estimate of drug-likeness (QED) is 0.748. The maximum atomic E-state index is 11.8. The van der Waals surface area contributed by atoms with E-state index < -0.39 is 0 Å². The molecule has 1 fully saturated rings. The van der Waals surface area contributed by atoms with Crippen LogP contribution in [0.4, 0.5) is 0 Å². The lowest BCUT2D eigenvalue weighted by Crippen LogP contribution is -2.47. The van der Waals surface area contributed by atoms with Crippen LogP contribution >= 0.6 is 0 Å². The van der Waals surface area contributed by atoms with Crippen LogP contribution in [0.5, 0.6) is 0 Å². The van der Waals surface area contributed by atoms with E-state index in [0.717, 1.165) is 38.5 Å². The van der Waals surface area contributed by atoms with Crippen molar-refractivity contribution in [3.8, 4) is 0 Å². The first kappa shape index (κ1) is 12.5. The van der Waals surface area contributed by atoms with E-state index >= 15 is 0 Å². The van der Waals surface area contributed by atoms with Crippen LogP contribution in [0, 0.1) is 5.92 Å². The average molecular weight is 213 g/mol. The Morgan fingerprint density at radius 3 is 2.47 bits per heavy atom. The minimum atomic E-state index is -0.336. The second kappa shape index (κ2) is 6.11. The van der Waals surface area contributed by atoms with Gasteiger partial charge < -0.3 is 10.4 Å². The Labute approximate surface area is 92.3 Å². The molecule has 3 heteroatoms. The van der Waals surface area contributed by atoms with Gasteiger partial charge in [-0.3, -0.25) is 4.79 Å². The summed E-state index contributed by atoms with van der Waals surface area (Å²) in [5, 5.41) is 12.7. The van der Waals surface area contributed by atoms with Gasteiger partial charge in [-0.2, -0.15) is 0 Å². The predicted octanol–water partition coefficient (Wildman–Crippen LogP) is 1.84. The molecule has 1 amide bonds. The number of nitrogens with one attached hydrogen (secondary N) is 1. The number of aliphatic hydroxyl groups is 1. The van der Waals surface area contributed by atoms with Crippen molar-refractivity contribution < 1.29 is 9.90 Å². The van der Waals surface area contributed by atoms with E-state index in [2.05, 4.69) is 5.32 Å². The molecule has 0 bridgehead atoms. The van der Waals surface area contributed by atoms with E-state index in [1.165, 1.54) is 0 Å². The molecule has 0 unspecified atom stereocenters. The lowest BCUT2D eigenvalue weighted by atomic mass is 9.91. The fourth-order valence-corrected chi connectivity index (χ4v) is 2.24. The van der Waals surface area contributed by atoms with Crippen LogP contribution in [0.3, 0.4) is 0 Å². The van der Waals surface area contributed by atoms with E-state index in [0.29, 0.717) is 0 Å². The van der Waals surface area contributed by atoms with Crippen LogP contribution in [-0.4, -0.2) is 23.2 Å². The first-order valence-electron chi connectivity index (χ1n) is 6.17. The molecule has 0 aromatic rings. The van der Waals surface area contributed by atoms with Crippen molar-refractivity contribution in [2.45, 2.75) is 64.5 Å². The van der Waals surface area contributed by atoms with Crippen LogP contribution in [0.15, 0.2) is 0 Å². The highest BCUT2D eigenvalue weighted by Crippen LogP contribution is 2.19. The Morgan fingerprint density at radius 1 is 1.33 bits per heavy atom. The van der Waals surface area contributed by atoms with Crippen molar-refractivity contribution in [2.75, 3.05) is 0 Å². The van der Waals surface area contributed by atoms with Gasteiger partial charge in [0.2, 0.25) is 5.91 Å². The number of rotatable bonds is 4. The minimum Gasteiger partial charge on any atom is -0.391 e. The Hall–Kier alpha value is -0.570. The zero-order chi connectivity index (χ0) is 11.3. The molecule has 2 N–H and O–H groups in total. The summed E-state index contributed by atoms with van der Waals surface area (Å²) in [7, 11) is 0. The fraction of sp³-hybridized carbons (Fsp3) is 0.917. The van der Waals surface area contributed by atoms with Crippen molar-refractivity contribution in [1.29, 1.82) is 0 Å². The summed E-state index contributed by atoms with van der Waals surface area (Å²) in [6, 6.07) is -0.00755. The highest BCUT2D eigenvalue weighted by molar-refractivity contribution is 5.78. The molecule has 3 nitrogen and oxygen atoms in total. The summed E-state index contributed by atoms with van der Waals surface area (Å²) >= 11 is 0. The van der Waals surface area contributed by atoms with Gasteiger partial charge in [-0.05, 0) is 25.7 Å². The first-order chi connectivity index (χ1) is 7.19. The third kappa shape index (κ3) is 3.49. The molecule has 1 aliphatic rings. The van der Waals surface area contributed by atoms with Gasteiger partial charge in [0.15, 0.2) is 0 Å². The van der Waals surface area contributed by atoms with Crippen LogP contribution in [0.25, 0.3) is 0 Å². The molecule has 0 spiro atoms. The SMILES string of the molecule is CCC(CC)C(=O)N[C@@H]1CCCC[C@H]1O. The van der Waals surface area contributed by atoms with E-state index in [1.54, 1.807) is 0 Å². The summed E-state index contributed by atoms with van der Waals surface area (Å²) in [6.07, 6.45) is 5.37. The summed E-state index contributed by atoms with van der Waals surface area (Å²) in [5.41, 5.74) is 0. The molecule has 1 rings (SSSR count). The smallest absolute Gasteiger partial charge is 0.223 e. The third-order valence-corrected chi connectivity index (χ3v) is 3.41. The molecule has 0 aliphatic heterocycles. The van der Waals surface area contributed by atoms with Gasteiger partial charge in [0.1, 0.15) is 0 Å². The summed E-state index contributed by atoms with van der Waals surface area (Å²) in [5.74, 6) is 0.227. The molecule has 0 radical (unpaired) electrons. The van der Waals surface area contributed by atoms with E-state index in [1.807, 2.05) is 13.8 Å². The Morgan fingerprint density at radius 2 is 1.93 bits per heavy atom. The zero-order valence-corrected chi connectivity index (χ0v) is 9.83. The maximum Gasteiger partial charge on any atom is 0.223 e. The minimum absolute atomic E-state index is 0.00755. The molecular weight excluding hydrogens is 190 g/mol. The van der Waals surface area contributed by atoms with Crippen LogP contribution in [0.2, 0.25) is 0 Å². The number of hydrogen-bond donors (Lipinski definition) is 2. The van der Waals surface area contributed by atoms with Gasteiger partial charge in [-0.25, -0.2) is 0 Å². The van der Waals surface area contributed by atoms with Crippen LogP contribution < -0.4 is 5.32 Å². The van der Waals surface area contributed by atoms with Gasteiger partial charge in [0, 0.05) is 5.92 Å². The Balaban J connectivity index is 2.41. The normalized spacial score (nSPS) is 26.7. The molecule has 0 saturated heterocycles. The molecule has 0 aromatic heterocycles. The second-order valence-electron chi connectivity index (χ2n) is 4.48. The van der Waals surface area contributed by atoms with Gasteiger partial charge in [0.25, 0.3) is 0 Å². The van der Waals surface area contributed by atoms with Crippen molar-refractivity contribution in [2.24, 2.45) is 5.92 Å². The Bertz CT molecular complexity index is 202. The van der Waals surface area contributed by atoms with Crippen molar-refractivity contribution >= 4 is 5.91 Å². The monoisotopic (exact) mass is 213 g/mol. The van der Waals surface area contributed by atoms with Crippen LogP contribution in [0.1, 0.15) is 52.4 Å².